The number of carbonyl (C=O) groups is 1. The Kier molecular flexibility index (Phi) is 5.36. The van der Waals surface area contributed by atoms with E-state index in [1.807, 2.05) is 17.0 Å². The van der Waals surface area contributed by atoms with Crippen molar-refractivity contribution in [3.63, 3.8) is 0 Å². The van der Waals surface area contributed by atoms with Crippen LogP contribution >= 0.6 is 0 Å². The van der Waals surface area contributed by atoms with E-state index in [9.17, 15) is 9.18 Å². The number of H-pyrrole nitrogens is 1. The molecule has 1 N–H and O–H groups in total. The van der Waals surface area contributed by atoms with Crippen LogP contribution in [0.4, 0.5) is 4.39 Å². The second-order valence-corrected chi connectivity index (χ2v) is 8.46. The number of ether oxygens (including phenoxy) is 1. The minimum atomic E-state index is -0.419. The number of hydrogen-bond donors (Lipinski definition) is 1. The Hall–Kier alpha value is -4.67. The summed E-state index contributed by atoms with van der Waals surface area (Å²) in [5.41, 5.74) is 3.29. The van der Waals surface area contributed by atoms with Gasteiger partial charge in [-0.05, 0) is 36.8 Å². The first-order valence-electron chi connectivity index (χ1n) is 11.4. The molecule has 0 aliphatic carbocycles. The molecular formula is C25H20FN7O3. The molecule has 1 aromatic carbocycles. The maximum Gasteiger partial charge on any atom is 0.223 e. The number of amides is 1. The molecule has 5 heterocycles. The van der Waals surface area contributed by atoms with Crippen LogP contribution in [0.25, 0.3) is 34.1 Å². The smallest absolute Gasteiger partial charge is 0.223 e. The first kappa shape index (κ1) is 21.8. The Morgan fingerprint density at radius 3 is 2.67 bits per heavy atom. The summed E-state index contributed by atoms with van der Waals surface area (Å²) in [7, 11) is 0. The summed E-state index contributed by atoms with van der Waals surface area (Å²) in [6.45, 7) is 2.81. The molecule has 1 fully saturated rings. The number of likely N-dealkylation sites (tertiary alicyclic amines) is 1. The quantitative estimate of drug-likeness (QED) is 0.375. The van der Waals surface area contributed by atoms with Crippen LogP contribution in [0.15, 0.2) is 53.3 Å². The van der Waals surface area contributed by atoms with Crippen molar-refractivity contribution in [2.45, 2.75) is 26.3 Å². The van der Waals surface area contributed by atoms with Crippen LogP contribution in [0, 0.1) is 12.7 Å². The molecule has 1 saturated heterocycles. The van der Waals surface area contributed by atoms with Crippen molar-refractivity contribution in [3.05, 3.63) is 66.1 Å². The number of nitrogens with one attached hydrogen (secondary N) is 1. The average molecular weight is 485 g/mol. The third kappa shape index (κ3) is 4.26. The summed E-state index contributed by atoms with van der Waals surface area (Å²) in [6.07, 6.45) is 4.11. The fourth-order valence-corrected chi connectivity index (χ4v) is 4.12. The summed E-state index contributed by atoms with van der Waals surface area (Å²) in [4.78, 5) is 34.6. The number of halogens is 1. The molecule has 0 unspecified atom stereocenters. The Morgan fingerprint density at radius 2 is 1.97 bits per heavy atom. The van der Waals surface area contributed by atoms with Gasteiger partial charge in [0.2, 0.25) is 17.6 Å². The number of benzene rings is 1. The van der Waals surface area contributed by atoms with Gasteiger partial charge in [-0.25, -0.2) is 19.3 Å². The SMILES string of the molecule is Cc1nc(-c2ccc(Oc3cc4nc(-c5ccc(F)cn5)[nH]c4cc3CN3CCCC3=O)cn2)no1. The van der Waals surface area contributed by atoms with E-state index in [4.69, 9.17) is 9.26 Å². The summed E-state index contributed by atoms with van der Waals surface area (Å²) in [5.74, 6) is 2.11. The molecule has 1 aliphatic rings. The van der Waals surface area contributed by atoms with Crippen molar-refractivity contribution < 1.29 is 18.4 Å². The van der Waals surface area contributed by atoms with Gasteiger partial charge in [-0.2, -0.15) is 4.98 Å². The predicted octanol–water partition coefficient (Wildman–Crippen LogP) is 4.43. The number of fused-ring (bicyclic) bond motifs is 1. The van der Waals surface area contributed by atoms with Crippen LogP contribution < -0.4 is 4.74 Å². The fraction of sp³-hybridized carbons (Fsp3) is 0.200. The number of nitrogens with zero attached hydrogens (tertiary/aromatic N) is 6. The van der Waals surface area contributed by atoms with E-state index in [0.29, 0.717) is 65.5 Å². The molecule has 0 atom stereocenters. The second kappa shape index (κ2) is 8.84. The molecule has 10 nitrogen and oxygen atoms in total. The Balaban J connectivity index is 1.35. The highest BCUT2D eigenvalue weighted by Crippen LogP contribution is 2.32. The monoisotopic (exact) mass is 485 g/mol. The van der Waals surface area contributed by atoms with Gasteiger partial charge in [-0.3, -0.25) is 4.79 Å². The molecule has 1 aliphatic heterocycles. The van der Waals surface area contributed by atoms with Crippen LogP contribution in [0.5, 0.6) is 11.5 Å². The number of aryl methyl sites for hydroxylation is 1. The molecule has 1 amide bonds. The zero-order valence-electron chi connectivity index (χ0n) is 19.2. The molecule has 4 aromatic heterocycles. The van der Waals surface area contributed by atoms with Crippen LogP contribution in [0.2, 0.25) is 0 Å². The molecule has 0 radical (unpaired) electrons. The van der Waals surface area contributed by atoms with Gasteiger partial charge in [-0.15, -0.1) is 0 Å². The summed E-state index contributed by atoms with van der Waals surface area (Å²) < 4.78 is 24.5. The lowest BCUT2D eigenvalue weighted by atomic mass is 10.1. The molecule has 0 bridgehead atoms. The van der Waals surface area contributed by atoms with Crippen molar-refractivity contribution in [1.29, 1.82) is 0 Å². The predicted molar refractivity (Wildman–Crippen MR) is 126 cm³/mol. The maximum absolute atomic E-state index is 13.3. The lowest BCUT2D eigenvalue weighted by molar-refractivity contribution is -0.128. The third-order valence-corrected chi connectivity index (χ3v) is 5.89. The van der Waals surface area contributed by atoms with Crippen molar-refractivity contribution in [1.82, 2.24) is 35.0 Å². The third-order valence-electron chi connectivity index (χ3n) is 5.89. The van der Waals surface area contributed by atoms with Crippen molar-refractivity contribution >= 4 is 16.9 Å². The van der Waals surface area contributed by atoms with Crippen molar-refractivity contribution in [2.24, 2.45) is 0 Å². The first-order valence-corrected chi connectivity index (χ1v) is 11.4. The fourth-order valence-electron chi connectivity index (χ4n) is 4.12. The Labute approximate surface area is 204 Å². The topological polar surface area (TPSA) is 123 Å². The van der Waals surface area contributed by atoms with E-state index in [2.05, 4.69) is 30.1 Å². The van der Waals surface area contributed by atoms with E-state index in [1.165, 1.54) is 6.07 Å². The Morgan fingerprint density at radius 1 is 1.11 bits per heavy atom. The standard InChI is InChI=1S/C25H20FN7O3/c1-14-29-25(32-36-14)19-7-5-17(12-28-19)35-22-10-21-20(9-15(22)13-33-8-2-3-23(33)34)30-24(31-21)18-6-4-16(26)11-27-18/h4-7,9-12H,2-3,8,13H2,1H3,(H,30,31). The van der Waals surface area contributed by atoms with E-state index in [1.54, 1.807) is 31.3 Å². The van der Waals surface area contributed by atoms with E-state index < -0.39 is 5.82 Å². The molecule has 0 spiro atoms. The molecule has 0 saturated carbocycles. The number of imidazole rings is 1. The highest BCUT2D eigenvalue weighted by molar-refractivity contribution is 5.82. The number of pyridine rings is 2. The lowest BCUT2D eigenvalue weighted by Gasteiger charge is -2.18. The van der Waals surface area contributed by atoms with Crippen LogP contribution in [0.3, 0.4) is 0 Å². The Bertz CT molecular complexity index is 1560. The molecule has 11 heteroatoms. The van der Waals surface area contributed by atoms with Gasteiger partial charge < -0.3 is 19.1 Å². The zero-order valence-corrected chi connectivity index (χ0v) is 19.2. The number of aromatic nitrogens is 6. The highest BCUT2D eigenvalue weighted by Gasteiger charge is 2.23. The summed E-state index contributed by atoms with van der Waals surface area (Å²) in [6, 6.07) is 10.1. The lowest BCUT2D eigenvalue weighted by Crippen LogP contribution is -2.24. The van der Waals surface area contributed by atoms with E-state index in [0.717, 1.165) is 23.7 Å². The van der Waals surface area contributed by atoms with E-state index >= 15 is 0 Å². The normalized spacial score (nSPS) is 13.6. The van der Waals surface area contributed by atoms with Gasteiger partial charge in [0.25, 0.3) is 0 Å². The number of rotatable bonds is 6. The number of carbonyl (C=O) groups excluding carboxylic acids is 1. The molecule has 5 aromatic rings. The van der Waals surface area contributed by atoms with E-state index in [-0.39, 0.29) is 5.91 Å². The van der Waals surface area contributed by atoms with Crippen LogP contribution in [0.1, 0.15) is 24.3 Å². The average Bonchev–Trinajstić information content (AvgIpc) is 3.60. The summed E-state index contributed by atoms with van der Waals surface area (Å²) in [5, 5.41) is 3.88. The largest absolute Gasteiger partial charge is 0.455 e. The molecular weight excluding hydrogens is 465 g/mol. The van der Waals surface area contributed by atoms with Crippen LogP contribution in [-0.4, -0.2) is 47.4 Å². The van der Waals surface area contributed by atoms with Gasteiger partial charge in [-0.1, -0.05) is 5.16 Å². The van der Waals surface area contributed by atoms with Crippen LogP contribution in [-0.2, 0) is 11.3 Å². The van der Waals surface area contributed by atoms with Crippen molar-refractivity contribution in [3.8, 4) is 34.5 Å². The molecule has 36 heavy (non-hydrogen) atoms. The molecule has 180 valence electrons. The summed E-state index contributed by atoms with van der Waals surface area (Å²) >= 11 is 0. The number of aromatic amines is 1. The first-order chi connectivity index (χ1) is 17.5. The van der Waals surface area contributed by atoms with Gasteiger partial charge in [0.1, 0.15) is 28.7 Å². The number of hydrogen-bond acceptors (Lipinski definition) is 8. The van der Waals surface area contributed by atoms with Gasteiger partial charge in [0.15, 0.2) is 5.82 Å². The highest BCUT2D eigenvalue weighted by atomic mass is 19.1. The van der Waals surface area contributed by atoms with Gasteiger partial charge in [0.05, 0.1) is 23.4 Å². The van der Waals surface area contributed by atoms with Gasteiger partial charge in [0, 0.05) is 38.1 Å². The van der Waals surface area contributed by atoms with Crippen molar-refractivity contribution in [2.75, 3.05) is 6.54 Å². The maximum atomic E-state index is 13.3. The zero-order chi connectivity index (χ0) is 24.6. The molecule has 6 rings (SSSR count). The second-order valence-electron chi connectivity index (χ2n) is 8.46. The minimum absolute atomic E-state index is 0.114. The minimum Gasteiger partial charge on any atom is -0.455 e. The van der Waals surface area contributed by atoms with Gasteiger partial charge >= 0.3 is 0 Å².